The highest BCUT2D eigenvalue weighted by Gasteiger charge is 2.22. The average molecular weight is 343 g/mol. The van der Waals surface area contributed by atoms with Gasteiger partial charge in [0.05, 0.1) is 16.9 Å². The van der Waals surface area contributed by atoms with Gasteiger partial charge in [0.15, 0.2) is 0 Å². The second kappa shape index (κ2) is 7.32. The second-order valence-corrected chi connectivity index (χ2v) is 5.92. The zero-order chi connectivity index (χ0) is 17.8. The third kappa shape index (κ3) is 4.14. The zero-order valence-electron chi connectivity index (χ0n) is 13.8. The summed E-state index contributed by atoms with van der Waals surface area (Å²) in [5.41, 5.74) is 1.29. The Bertz CT molecular complexity index is 806. The van der Waals surface area contributed by atoms with Crippen molar-refractivity contribution in [3.8, 4) is 6.07 Å². The lowest BCUT2D eigenvalue weighted by molar-refractivity contribution is 0.141. The monoisotopic (exact) mass is 343 g/mol. The third-order valence-corrected chi connectivity index (χ3v) is 4.07. The van der Waals surface area contributed by atoms with E-state index < -0.39 is 5.82 Å². The fourth-order valence-corrected chi connectivity index (χ4v) is 2.74. The maximum Gasteiger partial charge on any atom is 0.321 e. The molecule has 0 spiro atoms. The number of anilines is 1. The number of carbonyl (C=O) groups is 1. The maximum atomic E-state index is 13.2. The summed E-state index contributed by atoms with van der Waals surface area (Å²) in [6, 6.07) is 7.21. The van der Waals surface area contributed by atoms with E-state index in [2.05, 4.69) is 15.4 Å². The van der Waals surface area contributed by atoms with Gasteiger partial charge in [-0.3, -0.25) is 4.90 Å². The zero-order valence-corrected chi connectivity index (χ0v) is 13.8. The molecule has 2 aromatic rings. The molecule has 0 atom stereocenters. The smallest absolute Gasteiger partial charge is 0.321 e. The minimum absolute atomic E-state index is 0.105. The number of aromatic nitrogens is 1. The quantitative estimate of drug-likeness (QED) is 0.924. The maximum absolute atomic E-state index is 13.2. The number of nitrogens with one attached hydrogen (secondary N) is 1. The molecule has 130 valence electrons. The molecule has 3 rings (SSSR count). The number of halogens is 1. The Balaban J connectivity index is 1.54. The van der Waals surface area contributed by atoms with Gasteiger partial charge in [-0.1, -0.05) is 5.16 Å². The third-order valence-electron chi connectivity index (χ3n) is 4.07. The molecular weight excluding hydrogens is 325 g/mol. The van der Waals surface area contributed by atoms with Gasteiger partial charge in [-0.2, -0.15) is 5.26 Å². The molecular formula is C17H18FN5O2. The van der Waals surface area contributed by atoms with Crippen molar-refractivity contribution in [2.75, 3.05) is 31.5 Å². The van der Waals surface area contributed by atoms with Gasteiger partial charge in [-0.15, -0.1) is 0 Å². The summed E-state index contributed by atoms with van der Waals surface area (Å²) in [5, 5.41) is 15.7. The highest BCUT2D eigenvalue weighted by atomic mass is 19.1. The van der Waals surface area contributed by atoms with Crippen molar-refractivity contribution in [3.05, 3.63) is 47.1 Å². The van der Waals surface area contributed by atoms with Gasteiger partial charge >= 0.3 is 6.03 Å². The Labute approximate surface area is 144 Å². The van der Waals surface area contributed by atoms with E-state index in [-0.39, 0.29) is 11.6 Å². The first kappa shape index (κ1) is 16.9. The van der Waals surface area contributed by atoms with E-state index in [1.807, 2.05) is 19.1 Å². The summed E-state index contributed by atoms with van der Waals surface area (Å²) in [6.07, 6.45) is 0. The van der Waals surface area contributed by atoms with Crippen LogP contribution in [-0.4, -0.2) is 47.2 Å². The van der Waals surface area contributed by atoms with Crippen LogP contribution >= 0.6 is 0 Å². The van der Waals surface area contributed by atoms with E-state index in [4.69, 9.17) is 9.78 Å². The molecule has 0 bridgehead atoms. The first-order valence-corrected chi connectivity index (χ1v) is 7.95. The van der Waals surface area contributed by atoms with Crippen molar-refractivity contribution >= 4 is 11.7 Å². The summed E-state index contributed by atoms with van der Waals surface area (Å²) >= 11 is 0. The standard InChI is InChI=1S/C17H18FN5O2/c1-12-8-15(21-25-12)11-22-4-6-23(7-5-22)17(24)20-16-3-2-14(18)9-13(16)10-19/h2-3,8-9H,4-7,11H2,1H3,(H,20,24). The molecule has 1 fully saturated rings. The van der Waals surface area contributed by atoms with Crippen LogP contribution in [-0.2, 0) is 6.54 Å². The van der Waals surface area contributed by atoms with E-state index in [9.17, 15) is 9.18 Å². The van der Waals surface area contributed by atoms with Crippen LogP contribution in [0.3, 0.4) is 0 Å². The van der Waals surface area contributed by atoms with Crippen molar-refractivity contribution in [2.24, 2.45) is 0 Å². The van der Waals surface area contributed by atoms with Crippen LogP contribution < -0.4 is 5.32 Å². The molecule has 1 aliphatic rings. The fourth-order valence-electron chi connectivity index (χ4n) is 2.74. The number of nitrogens with zero attached hydrogens (tertiary/aromatic N) is 4. The van der Waals surface area contributed by atoms with Gasteiger partial charge in [-0.25, -0.2) is 9.18 Å². The lowest BCUT2D eigenvalue weighted by Gasteiger charge is -2.34. The Morgan fingerprint density at radius 1 is 1.36 bits per heavy atom. The predicted octanol–water partition coefficient (Wildman–Crippen LogP) is 2.34. The van der Waals surface area contributed by atoms with Crippen LogP contribution in [0.25, 0.3) is 0 Å². The lowest BCUT2D eigenvalue weighted by atomic mass is 10.2. The summed E-state index contributed by atoms with van der Waals surface area (Å²) < 4.78 is 18.2. The van der Waals surface area contributed by atoms with Gasteiger partial charge in [-0.05, 0) is 25.1 Å². The van der Waals surface area contributed by atoms with Gasteiger partial charge < -0.3 is 14.7 Å². The molecule has 8 heteroatoms. The van der Waals surface area contributed by atoms with Gasteiger partial charge in [0, 0.05) is 38.8 Å². The summed E-state index contributed by atoms with van der Waals surface area (Å²) in [6.45, 7) is 5.09. The topological polar surface area (TPSA) is 85.4 Å². The molecule has 0 saturated carbocycles. The second-order valence-electron chi connectivity index (χ2n) is 5.92. The number of rotatable bonds is 3. The van der Waals surface area contributed by atoms with E-state index in [0.717, 1.165) is 17.5 Å². The van der Waals surface area contributed by atoms with Crippen molar-refractivity contribution < 1.29 is 13.7 Å². The van der Waals surface area contributed by atoms with Gasteiger partial charge in [0.2, 0.25) is 0 Å². The number of urea groups is 1. The van der Waals surface area contributed by atoms with Crippen LogP contribution in [0.2, 0.25) is 0 Å². The molecule has 25 heavy (non-hydrogen) atoms. The largest absolute Gasteiger partial charge is 0.361 e. The van der Waals surface area contributed by atoms with E-state index in [1.165, 1.54) is 12.1 Å². The first-order chi connectivity index (χ1) is 12.0. The molecule has 1 N–H and O–H groups in total. The predicted molar refractivity (Wildman–Crippen MR) is 88.2 cm³/mol. The number of amides is 2. The van der Waals surface area contributed by atoms with Crippen LogP contribution in [0.15, 0.2) is 28.8 Å². The van der Waals surface area contributed by atoms with Gasteiger partial charge in [0.25, 0.3) is 0 Å². The van der Waals surface area contributed by atoms with Crippen molar-refractivity contribution in [3.63, 3.8) is 0 Å². The summed E-state index contributed by atoms with van der Waals surface area (Å²) in [4.78, 5) is 16.2. The number of nitriles is 1. The number of piperazine rings is 1. The minimum Gasteiger partial charge on any atom is -0.361 e. The molecule has 0 aliphatic carbocycles. The summed E-state index contributed by atoms with van der Waals surface area (Å²) in [7, 11) is 0. The molecule has 7 nitrogen and oxygen atoms in total. The highest BCUT2D eigenvalue weighted by molar-refractivity contribution is 5.90. The highest BCUT2D eigenvalue weighted by Crippen LogP contribution is 2.17. The SMILES string of the molecule is Cc1cc(CN2CCN(C(=O)Nc3ccc(F)cc3C#N)CC2)no1. The van der Waals surface area contributed by atoms with Gasteiger partial charge in [0.1, 0.15) is 17.6 Å². The Morgan fingerprint density at radius 2 is 2.12 bits per heavy atom. The Morgan fingerprint density at radius 3 is 2.76 bits per heavy atom. The van der Waals surface area contributed by atoms with Crippen LogP contribution in [0, 0.1) is 24.1 Å². The van der Waals surface area contributed by atoms with Crippen LogP contribution in [0.4, 0.5) is 14.9 Å². The van der Waals surface area contributed by atoms with Crippen molar-refractivity contribution in [1.82, 2.24) is 15.0 Å². The Hall–Kier alpha value is -2.92. The van der Waals surface area contributed by atoms with E-state index in [1.54, 1.807) is 4.90 Å². The molecule has 0 unspecified atom stereocenters. The van der Waals surface area contributed by atoms with Crippen molar-refractivity contribution in [1.29, 1.82) is 5.26 Å². The molecule has 1 aromatic carbocycles. The van der Waals surface area contributed by atoms with Crippen LogP contribution in [0.5, 0.6) is 0 Å². The number of benzene rings is 1. The number of hydrogen-bond acceptors (Lipinski definition) is 5. The van der Waals surface area contributed by atoms with E-state index in [0.29, 0.717) is 38.4 Å². The molecule has 1 aliphatic heterocycles. The first-order valence-electron chi connectivity index (χ1n) is 7.95. The Kier molecular flexibility index (Phi) is 4.95. The van der Waals surface area contributed by atoms with Crippen LogP contribution in [0.1, 0.15) is 17.0 Å². The molecule has 0 radical (unpaired) electrons. The molecule has 2 heterocycles. The number of carbonyl (C=O) groups excluding carboxylic acids is 1. The molecule has 1 saturated heterocycles. The normalized spacial score (nSPS) is 15.0. The van der Waals surface area contributed by atoms with E-state index >= 15 is 0 Å². The number of hydrogen-bond donors (Lipinski definition) is 1. The average Bonchev–Trinajstić information content (AvgIpc) is 3.02. The van der Waals surface area contributed by atoms with Crippen molar-refractivity contribution in [2.45, 2.75) is 13.5 Å². The summed E-state index contributed by atoms with van der Waals surface area (Å²) in [5.74, 6) is 0.270. The fraction of sp³-hybridized carbons (Fsp3) is 0.353. The lowest BCUT2D eigenvalue weighted by Crippen LogP contribution is -2.49. The molecule has 1 aromatic heterocycles. The minimum atomic E-state index is -0.508. The molecule has 2 amide bonds. The number of aryl methyl sites for hydroxylation is 1.